The van der Waals surface area contributed by atoms with Crippen LogP contribution in [-0.2, 0) is 25.6 Å². The first-order valence-corrected chi connectivity index (χ1v) is 13.4. The minimum Gasteiger partial charge on any atom is -0.481 e. The molecule has 38 heavy (non-hydrogen) atoms. The number of rotatable bonds is 11. The van der Waals surface area contributed by atoms with Crippen molar-refractivity contribution in [1.29, 1.82) is 0 Å². The van der Waals surface area contributed by atoms with E-state index >= 15 is 0 Å². The van der Waals surface area contributed by atoms with Gasteiger partial charge in [-0.25, -0.2) is 4.79 Å². The van der Waals surface area contributed by atoms with Crippen LogP contribution >= 0.6 is 35.0 Å². The Balaban J connectivity index is 1.60. The van der Waals surface area contributed by atoms with E-state index in [-0.39, 0.29) is 53.1 Å². The Morgan fingerprint density at radius 2 is 1.66 bits per heavy atom. The first kappa shape index (κ1) is 29.3. The largest absolute Gasteiger partial charge is 0.481 e. The monoisotopic (exact) mass is 581 g/mol. The second-order valence-corrected chi connectivity index (χ2v) is 10.3. The van der Waals surface area contributed by atoms with Crippen molar-refractivity contribution < 1.29 is 34.2 Å². The van der Waals surface area contributed by atoms with Gasteiger partial charge in [-0.2, -0.15) is 0 Å². The molecule has 1 aliphatic rings. The Morgan fingerprint density at radius 1 is 1.00 bits per heavy atom. The highest BCUT2D eigenvalue weighted by Crippen LogP contribution is 2.26. The molecule has 1 heterocycles. The van der Waals surface area contributed by atoms with Gasteiger partial charge in [-0.15, -0.1) is 11.8 Å². The molecular formula is C25H25Cl2N3O7S. The molecule has 0 spiro atoms. The maximum Gasteiger partial charge on any atom is 0.326 e. The minimum absolute atomic E-state index is 0.00936. The Kier molecular flexibility index (Phi) is 10.4. The number of hydrogen-bond acceptors (Lipinski definition) is 6. The summed E-state index contributed by atoms with van der Waals surface area (Å²) >= 11 is 13.5. The van der Waals surface area contributed by atoms with Crippen LogP contribution in [0.1, 0.15) is 35.2 Å². The standard InChI is InChI=1S/C25H25Cl2N3O7S/c26-16-3-1-4-17(27)22(16)24(35)28-15-9-7-14(8-10-15)11-18(25(36)37)29-23(34)19-12-38-13-30(19)20(31)5-2-6-21(32)33/h1,3-4,7-10,18-19H,2,5-6,11-13H2,(H,28,35)(H,29,34)(H,32,33)(H,36,37)/t18-,19?/m0/s1. The number of carboxylic acid groups (broad SMARTS) is 2. The van der Waals surface area contributed by atoms with E-state index in [9.17, 15) is 29.1 Å². The van der Waals surface area contributed by atoms with E-state index in [0.717, 1.165) is 0 Å². The van der Waals surface area contributed by atoms with Crippen molar-refractivity contribution in [3.05, 3.63) is 63.6 Å². The van der Waals surface area contributed by atoms with Gasteiger partial charge in [0, 0.05) is 30.7 Å². The molecule has 0 bridgehead atoms. The summed E-state index contributed by atoms with van der Waals surface area (Å²) in [7, 11) is 0. The summed E-state index contributed by atoms with van der Waals surface area (Å²) in [6.45, 7) is 0. The van der Waals surface area contributed by atoms with Gasteiger partial charge < -0.3 is 25.7 Å². The third-order valence-electron chi connectivity index (χ3n) is 5.74. The fourth-order valence-electron chi connectivity index (χ4n) is 3.78. The average Bonchev–Trinajstić information content (AvgIpc) is 3.34. The number of thioether (sulfide) groups is 1. The number of nitrogens with zero attached hydrogens (tertiary/aromatic N) is 1. The summed E-state index contributed by atoms with van der Waals surface area (Å²) in [4.78, 5) is 61.8. The van der Waals surface area contributed by atoms with E-state index < -0.39 is 35.8 Å². The van der Waals surface area contributed by atoms with Gasteiger partial charge >= 0.3 is 11.9 Å². The fourth-order valence-corrected chi connectivity index (χ4v) is 5.53. The number of carboxylic acids is 2. The molecule has 13 heteroatoms. The molecule has 1 aliphatic heterocycles. The topological polar surface area (TPSA) is 153 Å². The molecule has 0 radical (unpaired) electrons. The van der Waals surface area contributed by atoms with E-state index in [2.05, 4.69) is 10.6 Å². The lowest BCUT2D eigenvalue weighted by molar-refractivity contribution is -0.143. The van der Waals surface area contributed by atoms with Crippen LogP contribution in [0.25, 0.3) is 0 Å². The SMILES string of the molecule is O=C(O)CCCC(=O)N1CSCC1C(=O)N[C@@H](Cc1ccc(NC(=O)c2c(Cl)cccc2Cl)cc1)C(=O)O. The van der Waals surface area contributed by atoms with Gasteiger partial charge in [0.25, 0.3) is 5.91 Å². The molecular weight excluding hydrogens is 557 g/mol. The molecule has 1 saturated heterocycles. The number of hydrogen-bond donors (Lipinski definition) is 4. The zero-order valence-electron chi connectivity index (χ0n) is 20.0. The summed E-state index contributed by atoms with van der Waals surface area (Å²) in [6, 6.07) is 9.04. The van der Waals surface area contributed by atoms with Crippen LogP contribution in [-0.4, -0.2) is 68.5 Å². The van der Waals surface area contributed by atoms with Crippen molar-refractivity contribution in [3.63, 3.8) is 0 Å². The van der Waals surface area contributed by atoms with Gasteiger partial charge in [-0.3, -0.25) is 19.2 Å². The highest BCUT2D eigenvalue weighted by molar-refractivity contribution is 7.99. The number of benzene rings is 2. The van der Waals surface area contributed by atoms with Crippen molar-refractivity contribution in [2.45, 2.75) is 37.8 Å². The Morgan fingerprint density at radius 3 is 2.26 bits per heavy atom. The second-order valence-electron chi connectivity index (χ2n) is 8.48. The molecule has 3 amide bonds. The molecule has 4 N–H and O–H groups in total. The van der Waals surface area contributed by atoms with Crippen LogP contribution in [0.15, 0.2) is 42.5 Å². The van der Waals surface area contributed by atoms with E-state index in [1.165, 1.54) is 16.7 Å². The maximum absolute atomic E-state index is 12.9. The average molecular weight is 582 g/mol. The summed E-state index contributed by atoms with van der Waals surface area (Å²) in [5.41, 5.74) is 1.16. The molecule has 0 aliphatic carbocycles. The Bertz CT molecular complexity index is 1210. The Labute approximate surface area is 232 Å². The first-order chi connectivity index (χ1) is 18.1. The summed E-state index contributed by atoms with van der Waals surface area (Å²) in [5.74, 6) is -3.10. The summed E-state index contributed by atoms with van der Waals surface area (Å²) in [5, 5.41) is 24.0. The van der Waals surface area contributed by atoms with E-state index in [0.29, 0.717) is 17.0 Å². The summed E-state index contributed by atoms with van der Waals surface area (Å²) < 4.78 is 0. The molecule has 1 unspecified atom stereocenters. The van der Waals surface area contributed by atoms with E-state index in [4.69, 9.17) is 28.3 Å². The summed E-state index contributed by atoms with van der Waals surface area (Å²) in [6.07, 6.45) is -0.0349. The predicted molar refractivity (Wildman–Crippen MR) is 144 cm³/mol. The molecule has 3 rings (SSSR count). The predicted octanol–water partition coefficient (Wildman–Crippen LogP) is 3.51. The van der Waals surface area contributed by atoms with E-state index in [1.807, 2.05) is 0 Å². The quantitative estimate of drug-likeness (QED) is 0.314. The van der Waals surface area contributed by atoms with Gasteiger partial charge in [0.2, 0.25) is 11.8 Å². The number of nitrogens with one attached hydrogen (secondary N) is 2. The van der Waals surface area contributed by atoms with Gasteiger partial charge in [0.15, 0.2) is 0 Å². The molecule has 202 valence electrons. The fraction of sp³-hybridized carbons (Fsp3) is 0.320. The third kappa shape index (κ3) is 7.86. The number of carbonyl (C=O) groups is 5. The number of halogens is 2. The van der Waals surface area contributed by atoms with Crippen molar-refractivity contribution >= 4 is 70.3 Å². The molecule has 10 nitrogen and oxygen atoms in total. The number of amides is 3. The lowest BCUT2D eigenvalue weighted by atomic mass is 10.0. The molecule has 1 fully saturated rings. The van der Waals surface area contributed by atoms with Crippen LogP contribution in [0.3, 0.4) is 0 Å². The molecule has 2 atom stereocenters. The normalized spacial score (nSPS) is 15.5. The van der Waals surface area contributed by atoms with Crippen molar-refractivity contribution in [3.8, 4) is 0 Å². The molecule has 2 aromatic carbocycles. The van der Waals surface area contributed by atoms with Crippen LogP contribution in [0.2, 0.25) is 10.0 Å². The van der Waals surface area contributed by atoms with Crippen LogP contribution in [0.5, 0.6) is 0 Å². The van der Waals surface area contributed by atoms with Crippen LogP contribution in [0, 0.1) is 0 Å². The zero-order valence-corrected chi connectivity index (χ0v) is 22.3. The van der Waals surface area contributed by atoms with E-state index in [1.54, 1.807) is 42.5 Å². The van der Waals surface area contributed by atoms with Crippen molar-refractivity contribution in [2.75, 3.05) is 16.9 Å². The molecule has 0 aromatic heterocycles. The van der Waals surface area contributed by atoms with Crippen molar-refractivity contribution in [2.24, 2.45) is 0 Å². The maximum atomic E-state index is 12.9. The van der Waals surface area contributed by atoms with Gasteiger partial charge in [-0.1, -0.05) is 41.4 Å². The highest BCUT2D eigenvalue weighted by atomic mass is 35.5. The lowest BCUT2D eigenvalue weighted by Gasteiger charge is -2.25. The molecule has 2 aromatic rings. The Hall–Kier alpha value is -3.28. The molecule has 0 saturated carbocycles. The van der Waals surface area contributed by atoms with Gasteiger partial charge in [0.1, 0.15) is 12.1 Å². The van der Waals surface area contributed by atoms with Gasteiger partial charge in [0.05, 0.1) is 21.5 Å². The number of aliphatic carboxylic acids is 2. The third-order valence-corrected chi connectivity index (χ3v) is 7.38. The number of anilines is 1. The second kappa shape index (κ2) is 13.5. The first-order valence-electron chi connectivity index (χ1n) is 11.5. The highest BCUT2D eigenvalue weighted by Gasteiger charge is 2.36. The van der Waals surface area contributed by atoms with Crippen LogP contribution in [0.4, 0.5) is 5.69 Å². The smallest absolute Gasteiger partial charge is 0.326 e. The minimum atomic E-state index is -1.25. The lowest BCUT2D eigenvalue weighted by Crippen LogP contribution is -2.52. The van der Waals surface area contributed by atoms with Crippen LogP contribution < -0.4 is 10.6 Å². The van der Waals surface area contributed by atoms with Crippen molar-refractivity contribution in [1.82, 2.24) is 10.2 Å². The van der Waals surface area contributed by atoms with Gasteiger partial charge in [-0.05, 0) is 36.2 Å². The number of carbonyl (C=O) groups excluding carboxylic acids is 3. The zero-order chi connectivity index (χ0) is 27.8.